The van der Waals surface area contributed by atoms with Gasteiger partial charge in [-0.15, -0.1) is 0 Å². The van der Waals surface area contributed by atoms with E-state index >= 15 is 0 Å². The Morgan fingerprint density at radius 2 is 2.13 bits per heavy atom. The van der Waals surface area contributed by atoms with E-state index in [4.69, 9.17) is 4.99 Å². The van der Waals surface area contributed by atoms with Crippen molar-refractivity contribution in [3.63, 3.8) is 0 Å². The number of fused-ring (bicyclic) bond motifs is 3. The van der Waals surface area contributed by atoms with Crippen LogP contribution in [0.3, 0.4) is 0 Å². The average molecular weight is 369 g/mol. The summed E-state index contributed by atoms with van der Waals surface area (Å²) in [5, 5.41) is 9.35. The summed E-state index contributed by atoms with van der Waals surface area (Å²) in [6, 6.07) is 11.8. The minimum atomic E-state index is -0.0807. The number of aliphatic hydroxyl groups is 1. The third-order valence-corrected chi connectivity index (χ3v) is 4.24. The van der Waals surface area contributed by atoms with Crippen molar-refractivity contribution in [1.29, 1.82) is 0 Å². The van der Waals surface area contributed by atoms with E-state index in [1.807, 2.05) is 47.2 Å². The van der Waals surface area contributed by atoms with Crippen molar-refractivity contribution >= 4 is 21.6 Å². The summed E-state index contributed by atoms with van der Waals surface area (Å²) >= 11 is 3.53. The normalized spacial score (nSPS) is 13.0. The number of hydrogen-bond donors (Lipinski definition) is 1. The molecule has 2 aromatic heterocycles. The Kier molecular flexibility index (Phi) is 3.55. The molecule has 3 heterocycles. The number of benzene rings is 1. The van der Waals surface area contributed by atoms with Crippen LogP contribution in [0.25, 0.3) is 5.69 Å². The van der Waals surface area contributed by atoms with Crippen LogP contribution in [0.4, 0.5) is 0 Å². The molecule has 0 radical (unpaired) electrons. The maximum Gasteiger partial charge on any atom is 0.135 e. The fraction of sp³-hybridized carbons (Fsp3) is 0.118. The van der Waals surface area contributed by atoms with Crippen LogP contribution >= 0.6 is 15.9 Å². The molecule has 0 saturated carbocycles. The van der Waals surface area contributed by atoms with E-state index < -0.39 is 0 Å². The molecular weight excluding hydrogens is 356 g/mol. The van der Waals surface area contributed by atoms with Crippen molar-refractivity contribution in [3.8, 4) is 5.69 Å². The van der Waals surface area contributed by atoms with Crippen molar-refractivity contribution in [3.05, 3.63) is 76.0 Å². The zero-order valence-electron chi connectivity index (χ0n) is 12.1. The van der Waals surface area contributed by atoms with E-state index in [-0.39, 0.29) is 6.61 Å². The first-order valence-corrected chi connectivity index (χ1v) is 7.99. The van der Waals surface area contributed by atoms with E-state index in [0.29, 0.717) is 12.2 Å². The summed E-state index contributed by atoms with van der Waals surface area (Å²) < 4.78 is 2.97. The van der Waals surface area contributed by atoms with E-state index in [1.165, 1.54) is 0 Å². The van der Waals surface area contributed by atoms with E-state index in [9.17, 15) is 5.11 Å². The molecular formula is C17H13BrN4O. The monoisotopic (exact) mass is 368 g/mol. The Bertz CT molecular complexity index is 902. The Labute approximate surface area is 141 Å². The largest absolute Gasteiger partial charge is 0.390 e. The van der Waals surface area contributed by atoms with E-state index in [0.717, 1.165) is 33.0 Å². The van der Waals surface area contributed by atoms with Crippen LogP contribution in [-0.2, 0) is 13.2 Å². The molecule has 0 saturated heterocycles. The van der Waals surface area contributed by atoms with Gasteiger partial charge in [-0.25, -0.2) is 4.98 Å². The van der Waals surface area contributed by atoms with Crippen molar-refractivity contribution in [2.75, 3.05) is 0 Å². The smallest absolute Gasteiger partial charge is 0.135 e. The topological polar surface area (TPSA) is 63.3 Å². The van der Waals surface area contributed by atoms with Crippen LogP contribution in [0.1, 0.15) is 22.8 Å². The number of aromatic nitrogens is 3. The Balaban J connectivity index is 1.96. The van der Waals surface area contributed by atoms with Crippen molar-refractivity contribution in [1.82, 2.24) is 14.5 Å². The second-order valence-electron chi connectivity index (χ2n) is 5.22. The number of aliphatic hydroxyl groups excluding tert-OH is 1. The molecule has 0 unspecified atom stereocenters. The van der Waals surface area contributed by atoms with Crippen LogP contribution < -0.4 is 0 Å². The van der Waals surface area contributed by atoms with Gasteiger partial charge in [-0.2, -0.15) is 0 Å². The summed E-state index contributed by atoms with van der Waals surface area (Å²) in [5.74, 6) is 0.809. The highest BCUT2D eigenvalue weighted by molar-refractivity contribution is 9.10. The zero-order chi connectivity index (χ0) is 15.8. The molecule has 1 N–H and O–H groups in total. The lowest BCUT2D eigenvalue weighted by Gasteiger charge is -2.11. The zero-order valence-corrected chi connectivity index (χ0v) is 13.7. The molecule has 23 heavy (non-hydrogen) atoms. The summed E-state index contributed by atoms with van der Waals surface area (Å²) in [6.07, 6.45) is 3.63. The molecule has 0 atom stereocenters. The third-order valence-electron chi connectivity index (χ3n) is 3.75. The number of nitrogens with zero attached hydrogens (tertiary/aromatic N) is 4. The molecule has 0 bridgehead atoms. The molecule has 1 aliphatic heterocycles. The highest BCUT2D eigenvalue weighted by atomic mass is 79.9. The van der Waals surface area contributed by atoms with Crippen LogP contribution in [0, 0.1) is 0 Å². The van der Waals surface area contributed by atoms with Gasteiger partial charge in [-0.3, -0.25) is 9.98 Å². The molecule has 114 valence electrons. The van der Waals surface area contributed by atoms with Gasteiger partial charge in [0.15, 0.2) is 0 Å². The van der Waals surface area contributed by atoms with Crippen LogP contribution in [0.5, 0.6) is 0 Å². The first-order chi connectivity index (χ1) is 11.3. The predicted octanol–water partition coefficient (Wildman–Crippen LogP) is 2.87. The minimum absolute atomic E-state index is 0.0807. The molecule has 1 aromatic carbocycles. The van der Waals surface area contributed by atoms with Crippen molar-refractivity contribution in [2.24, 2.45) is 4.99 Å². The molecule has 4 rings (SSSR count). The lowest BCUT2D eigenvalue weighted by molar-refractivity contribution is 0.277. The SMILES string of the molecule is OCc1cn2c(n1)CN=C(c1ccccn1)c1cc(Br)ccc1-2. The maximum absolute atomic E-state index is 9.35. The second-order valence-corrected chi connectivity index (χ2v) is 6.13. The van der Waals surface area contributed by atoms with E-state index in [1.54, 1.807) is 6.20 Å². The molecule has 0 aliphatic carbocycles. The summed E-state index contributed by atoms with van der Waals surface area (Å²) in [5.41, 5.74) is 4.29. The number of halogens is 1. The highest BCUT2D eigenvalue weighted by Crippen LogP contribution is 2.27. The van der Waals surface area contributed by atoms with Gasteiger partial charge in [0.1, 0.15) is 5.82 Å². The van der Waals surface area contributed by atoms with Crippen molar-refractivity contribution in [2.45, 2.75) is 13.2 Å². The van der Waals surface area contributed by atoms with Gasteiger partial charge in [-0.1, -0.05) is 22.0 Å². The first kappa shape index (κ1) is 14.3. The number of hydrogen-bond acceptors (Lipinski definition) is 4. The molecule has 0 spiro atoms. The average Bonchev–Trinajstić information content (AvgIpc) is 2.93. The number of imidazole rings is 1. The van der Waals surface area contributed by atoms with Gasteiger partial charge in [-0.05, 0) is 30.3 Å². The van der Waals surface area contributed by atoms with Gasteiger partial charge >= 0.3 is 0 Å². The quantitative estimate of drug-likeness (QED) is 0.756. The van der Waals surface area contributed by atoms with Crippen molar-refractivity contribution < 1.29 is 5.11 Å². The highest BCUT2D eigenvalue weighted by Gasteiger charge is 2.21. The third kappa shape index (κ3) is 2.50. The van der Waals surface area contributed by atoms with E-state index in [2.05, 4.69) is 25.9 Å². The molecule has 3 aromatic rings. The summed E-state index contributed by atoms with van der Waals surface area (Å²) in [6.45, 7) is 0.362. The number of pyridine rings is 1. The van der Waals surface area contributed by atoms with Crippen LogP contribution in [-0.4, -0.2) is 25.4 Å². The number of aliphatic imine (C=N–C) groups is 1. The molecule has 0 fully saturated rings. The first-order valence-electron chi connectivity index (χ1n) is 7.20. The second kappa shape index (κ2) is 5.72. The van der Waals surface area contributed by atoms with Gasteiger partial charge < -0.3 is 9.67 Å². The molecule has 5 nitrogen and oxygen atoms in total. The maximum atomic E-state index is 9.35. The fourth-order valence-corrected chi connectivity index (χ4v) is 3.09. The van der Waals surface area contributed by atoms with Gasteiger partial charge in [0, 0.05) is 22.4 Å². The van der Waals surface area contributed by atoms with Gasteiger partial charge in [0.25, 0.3) is 0 Å². The molecule has 0 amide bonds. The Morgan fingerprint density at radius 3 is 2.91 bits per heavy atom. The molecule has 6 heteroatoms. The van der Waals surface area contributed by atoms with Crippen LogP contribution in [0.2, 0.25) is 0 Å². The number of rotatable bonds is 2. The predicted molar refractivity (Wildman–Crippen MR) is 90.8 cm³/mol. The lowest BCUT2D eigenvalue weighted by atomic mass is 10.0. The summed E-state index contributed by atoms with van der Waals surface area (Å²) in [4.78, 5) is 13.6. The lowest BCUT2D eigenvalue weighted by Crippen LogP contribution is -2.08. The minimum Gasteiger partial charge on any atom is -0.390 e. The Morgan fingerprint density at radius 1 is 1.22 bits per heavy atom. The fourth-order valence-electron chi connectivity index (χ4n) is 2.73. The Hall–Kier alpha value is -2.31. The molecule has 1 aliphatic rings. The van der Waals surface area contributed by atoms with Gasteiger partial charge in [0.05, 0.1) is 35.9 Å². The van der Waals surface area contributed by atoms with Gasteiger partial charge in [0.2, 0.25) is 0 Å². The van der Waals surface area contributed by atoms with Crippen LogP contribution in [0.15, 0.2) is 58.3 Å². The standard InChI is InChI=1S/C17H13BrN4O/c18-11-4-5-15-13(7-11)17(14-3-1-2-6-19-14)20-8-16-21-12(10-23)9-22(15)16/h1-7,9,23H,8,10H2. The summed E-state index contributed by atoms with van der Waals surface area (Å²) in [7, 11) is 0.